The highest BCUT2D eigenvalue weighted by Crippen LogP contribution is 2.14. The second kappa shape index (κ2) is 8.35. The van der Waals surface area contributed by atoms with E-state index < -0.39 is 0 Å². The van der Waals surface area contributed by atoms with Crippen molar-refractivity contribution >= 4 is 5.96 Å². The Morgan fingerprint density at radius 1 is 1.32 bits per heavy atom. The van der Waals surface area contributed by atoms with Crippen LogP contribution in [0, 0.1) is 0 Å². The van der Waals surface area contributed by atoms with Gasteiger partial charge in [-0.2, -0.15) is 0 Å². The number of nitrogens with zero attached hydrogens (tertiary/aromatic N) is 2. The van der Waals surface area contributed by atoms with Gasteiger partial charge in [0.1, 0.15) is 0 Å². The summed E-state index contributed by atoms with van der Waals surface area (Å²) in [5.41, 5.74) is 0.0860. The van der Waals surface area contributed by atoms with E-state index in [4.69, 9.17) is 9.47 Å². The Balaban J connectivity index is 2.35. The summed E-state index contributed by atoms with van der Waals surface area (Å²) >= 11 is 0. The molecule has 112 valence electrons. The number of nitrogens with one attached hydrogen (secondary N) is 2. The standard InChI is InChI=1S/C13H28N4O2/c1-13(2,17-6-9-19-10-7-17)11-16-12(14-3)15-5-8-18-4/h5-11H2,1-4H3,(H2,14,15,16). The highest BCUT2D eigenvalue weighted by molar-refractivity contribution is 5.79. The molecular formula is C13H28N4O2. The molecule has 1 rings (SSSR count). The zero-order valence-corrected chi connectivity index (χ0v) is 12.7. The van der Waals surface area contributed by atoms with Gasteiger partial charge in [0.2, 0.25) is 0 Å². The number of hydrogen-bond donors (Lipinski definition) is 2. The van der Waals surface area contributed by atoms with Crippen LogP contribution in [0.1, 0.15) is 13.8 Å². The van der Waals surface area contributed by atoms with Gasteiger partial charge in [-0.1, -0.05) is 0 Å². The number of aliphatic imine (C=N–C) groups is 1. The van der Waals surface area contributed by atoms with Gasteiger partial charge in [0, 0.05) is 45.9 Å². The van der Waals surface area contributed by atoms with Crippen LogP contribution in [0.2, 0.25) is 0 Å². The molecular weight excluding hydrogens is 244 g/mol. The van der Waals surface area contributed by atoms with Gasteiger partial charge in [0.05, 0.1) is 19.8 Å². The summed E-state index contributed by atoms with van der Waals surface area (Å²) < 4.78 is 10.4. The first-order valence-corrected chi connectivity index (χ1v) is 6.86. The zero-order valence-electron chi connectivity index (χ0n) is 12.7. The van der Waals surface area contributed by atoms with Crippen LogP contribution in [-0.2, 0) is 9.47 Å². The maximum absolute atomic E-state index is 5.40. The van der Waals surface area contributed by atoms with Gasteiger partial charge in [-0.15, -0.1) is 0 Å². The maximum Gasteiger partial charge on any atom is 0.191 e. The van der Waals surface area contributed by atoms with Crippen LogP contribution in [0.4, 0.5) is 0 Å². The predicted octanol–water partition coefficient (Wildman–Crippen LogP) is -0.0914. The number of guanidine groups is 1. The molecule has 2 N–H and O–H groups in total. The third kappa shape index (κ3) is 5.76. The number of methoxy groups -OCH3 is 1. The summed E-state index contributed by atoms with van der Waals surface area (Å²) in [5, 5.41) is 6.58. The molecule has 0 spiro atoms. The molecule has 1 fully saturated rings. The van der Waals surface area contributed by atoms with E-state index >= 15 is 0 Å². The molecule has 0 aliphatic carbocycles. The number of rotatable bonds is 6. The molecule has 1 aliphatic heterocycles. The average molecular weight is 272 g/mol. The second-order valence-electron chi connectivity index (χ2n) is 5.26. The molecule has 1 heterocycles. The Morgan fingerprint density at radius 2 is 2.00 bits per heavy atom. The highest BCUT2D eigenvalue weighted by Gasteiger charge is 2.28. The Labute approximate surface area is 116 Å². The van der Waals surface area contributed by atoms with Crippen LogP contribution in [0.15, 0.2) is 4.99 Å². The summed E-state index contributed by atoms with van der Waals surface area (Å²) in [5.74, 6) is 0.818. The van der Waals surface area contributed by atoms with Gasteiger partial charge in [0.15, 0.2) is 5.96 Å². The van der Waals surface area contributed by atoms with Crippen molar-refractivity contribution < 1.29 is 9.47 Å². The van der Waals surface area contributed by atoms with Crippen LogP contribution in [-0.4, -0.2) is 76.6 Å². The first kappa shape index (κ1) is 16.2. The fourth-order valence-corrected chi connectivity index (χ4v) is 2.07. The molecule has 0 saturated carbocycles. The SMILES string of the molecule is CN=C(NCCOC)NCC(C)(C)N1CCOCC1. The third-order valence-corrected chi connectivity index (χ3v) is 3.38. The van der Waals surface area contributed by atoms with Crippen molar-refractivity contribution in [3.05, 3.63) is 0 Å². The minimum atomic E-state index is 0.0860. The molecule has 0 radical (unpaired) electrons. The summed E-state index contributed by atoms with van der Waals surface area (Å²) in [6.07, 6.45) is 0. The van der Waals surface area contributed by atoms with Crippen molar-refractivity contribution in [3.63, 3.8) is 0 Å². The Hall–Kier alpha value is -0.850. The van der Waals surface area contributed by atoms with E-state index in [0.29, 0.717) is 6.61 Å². The van der Waals surface area contributed by atoms with Crippen molar-refractivity contribution in [3.8, 4) is 0 Å². The summed E-state index contributed by atoms with van der Waals surface area (Å²) in [6.45, 7) is 10.4. The van der Waals surface area contributed by atoms with E-state index in [2.05, 4.69) is 34.4 Å². The highest BCUT2D eigenvalue weighted by atomic mass is 16.5. The van der Waals surface area contributed by atoms with Crippen LogP contribution < -0.4 is 10.6 Å². The lowest BCUT2D eigenvalue weighted by atomic mass is 10.0. The van der Waals surface area contributed by atoms with Crippen LogP contribution in [0.25, 0.3) is 0 Å². The van der Waals surface area contributed by atoms with E-state index in [-0.39, 0.29) is 5.54 Å². The minimum absolute atomic E-state index is 0.0860. The lowest BCUT2D eigenvalue weighted by Crippen LogP contribution is -2.56. The number of hydrogen-bond acceptors (Lipinski definition) is 4. The monoisotopic (exact) mass is 272 g/mol. The topological polar surface area (TPSA) is 58.1 Å². The smallest absolute Gasteiger partial charge is 0.191 e. The van der Waals surface area contributed by atoms with E-state index in [9.17, 15) is 0 Å². The first-order chi connectivity index (χ1) is 9.10. The number of ether oxygens (including phenoxy) is 2. The van der Waals surface area contributed by atoms with Crippen LogP contribution in [0.3, 0.4) is 0 Å². The molecule has 0 atom stereocenters. The largest absolute Gasteiger partial charge is 0.383 e. The Bertz CT molecular complexity index is 276. The molecule has 0 aromatic rings. The molecule has 1 saturated heterocycles. The quantitative estimate of drug-likeness (QED) is 0.402. The predicted molar refractivity (Wildman–Crippen MR) is 77.7 cm³/mol. The maximum atomic E-state index is 5.40. The average Bonchev–Trinajstić information content (AvgIpc) is 2.43. The minimum Gasteiger partial charge on any atom is -0.383 e. The first-order valence-electron chi connectivity index (χ1n) is 6.86. The van der Waals surface area contributed by atoms with Crippen molar-refractivity contribution in [2.24, 2.45) is 4.99 Å². The molecule has 6 nitrogen and oxygen atoms in total. The molecule has 0 aromatic carbocycles. The fourth-order valence-electron chi connectivity index (χ4n) is 2.07. The summed E-state index contributed by atoms with van der Waals surface area (Å²) in [7, 11) is 3.48. The van der Waals surface area contributed by atoms with E-state index in [0.717, 1.165) is 45.4 Å². The summed E-state index contributed by atoms with van der Waals surface area (Å²) in [6, 6.07) is 0. The Morgan fingerprint density at radius 3 is 2.58 bits per heavy atom. The van der Waals surface area contributed by atoms with Crippen molar-refractivity contribution in [1.82, 2.24) is 15.5 Å². The molecule has 0 aromatic heterocycles. The Kier molecular flexibility index (Phi) is 7.12. The van der Waals surface area contributed by atoms with E-state index in [1.807, 2.05) is 0 Å². The molecule has 0 bridgehead atoms. The van der Waals surface area contributed by atoms with Crippen LogP contribution in [0.5, 0.6) is 0 Å². The van der Waals surface area contributed by atoms with Gasteiger partial charge in [-0.3, -0.25) is 9.89 Å². The molecule has 0 amide bonds. The van der Waals surface area contributed by atoms with Crippen molar-refractivity contribution in [2.75, 3.05) is 60.2 Å². The summed E-state index contributed by atoms with van der Waals surface area (Å²) in [4.78, 5) is 6.65. The van der Waals surface area contributed by atoms with Crippen LogP contribution >= 0.6 is 0 Å². The molecule has 19 heavy (non-hydrogen) atoms. The third-order valence-electron chi connectivity index (χ3n) is 3.38. The van der Waals surface area contributed by atoms with Gasteiger partial charge in [-0.05, 0) is 13.8 Å². The van der Waals surface area contributed by atoms with Gasteiger partial charge < -0.3 is 20.1 Å². The number of morpholine rings is 1. The second-order valence-corrected chi connectivity index (χ2v) is 5.26. The van der Waals surface area contributed by atoms with Crippen molar-refractivity contribution in [1.29, 1.82) is 0 Å². The molecule has 0 unspecified atom stereocenters. The molecule has 6 heteroatoms. The fraction of sp³-hybridized carbons (Fsp3) is 0.923. The van der Waals surface area contributed by atoms with Gasteiger partial charge in [-0.25, -0.2) is 0 Å². The lowest BCUT2D eigenvalue weighted by Gasteiger charge is -2.41. The van der Waals surface area contributed by atoms with E-state index in [1.165, 1.54) is 0 Å². The normalized spacial score (nSPS) is 18.4. The lowest BCUT2D eigenvalue weighted by molar-refractivity contribution is -0.00834. The van der Waals surface area contributed by atoms with Gasteiger partial charge in [0.25, 0.3) is 0 Å². The van der Waals surface area contributed by atoms with Crippen molar-refractivity contribution in [2.45, 2.75) is 19.4 Å². The van der Waals surface area contributed by atoms with Gasteiger partial charge >= 0.3 is 0 Å². The van der Waals surface area contributed by atoms with E-state index in [1.54, 1.807) is 14.2 Å². The zero-order chi connectivity index (χ0) is 14.1. The molecule has 1 aliphatic rings.